The number of rotatable bonds is 7. The van der Waals surface area contributed by atoms with Crippen LogP contribution in [0.15, 0.2) is 76.5 Å². The minimum absolute atomic E-state index is 0.0819. The van der Waals surface area contributed by atoms with Gasteiger partial charge >= 0.3 is 0 Å². The number of carbonyl (C=O) groups is 1. The van der Waals surface area contributed by atoms with E-state index in [2.05, 4.69) is 14.8 Å². The maximum atomic E-state index is 12.7. The lowest BCUT2D eigenvalue weighted by molar-refractivity contribution is 0.102. The van der Waals surface area contributed by atoms with Gasteiger partial charge in [0, 0.05) is 16.9 Å². The minimum Gasteiger partial charge on any atom is -0.322 e. The van der Waals surface area contributed by atoms with Gasteiger partial charge in [0.1, 0.15) is 0 Å². The number of aryl methyl sites for hydroxylation is 2. The van der Waals surface area contributed by atoms with Crippen molar-refractivity contribution in [3.63, 3.8) is 0 Å². The first-order chi connectivity index (χ1) is 15.0. The summed E-state index contributed by atoms with van der Waals surface area (Å²) in [5.74, 6) is -0.418. The molecule has 10 heteroatoms. The first kappa shape index (κ1) is 23.5. The molecular formula is C22H23N3O5S2. The number of sulfonamides is 2. The molecule has 0 fully saturated rings. The van der Waals surface area contributed by atoms with Crippen LogP contribution < -0.4 is 14.8 Å². The fraction of sp³-hybridized carbons (Fsp3) is 0.136. The number of amides is 1. The highest BCUT2D eigenvalue weighted by molar-refractivity contribution is 7.92. The van der Waals surface area contributed by atoms with Crippen LogP contribution in [0.2, 0.25) is 0 Å². The molecule has 0 aliphatic heterocycles. The molecule has 0 aliphatic carbocycles. The van der Waals surface area contributed by atoms with Crippen LogP contribution in [-0.2, 0) is 20.0 Å². The number of hydrogen-bond donors (Lipinski definition) is 3. The Morgan fingerprint density at radius 2 is 1.34 bits per heavy atom. The predicted octanol–water partition coefficient (Wildman–Crippen LogP) is 3.26. The average molecular weight is 474 g/mol. The van der Waals surface area contributed by atoms with Crippen molar-refractivity contribution in [1.29, 1.82) is 0 Å². The first-order valence-corrected chi connectivity index (χ1v) is 12.5. The maximum Gasteiger partial charge on any atom is 0.262 e. The molecule has 0 atom stereocenters. The molecule has 0 radical (unpaired) electrons. The third-order valence-corrected chi connectivity index (χ3v) is 7.68. The molecule has 0 aliphatic rings. The highest BCUT2D eigenvalue weighted by Gasteiger charge is 2.17. The van der Waals surface area contributed by atoms with Gasteiger partial charge in [0.25, 0.3) is 15.9 Å². The Morgan fingerprint density at radius 3 is 1.94 bits per heavy atom. The lowest BCUT2D eigenvalue weighted by Gasteiger charge is -2.12. The zero-order valence-corrected chi connectivity index (χ0v) is 19.3. The molecule has 3 aromatic carbocycles. The van der Waals surface area contributed by atoms with Gasteiger partial charge in [-0.1, -0.05) is 12.1 Å². The van der Waals surface area contributed by atoms with E-state index in [9.17, 15) is 21.6 Å². The zero-order chi connectivity index (χ0) is 23.5. The second kappa shape index (κ2) is 9.11. The SMILES string of the molecule is CNS(=O)(=O)c1ccc(NC(=O)c2ccc(NS(=O)(=O)c3cc(C)ccc3C)cc2)cc1. The number of carbonyl (C=O) groups excluding carboxylic acids is 1. The van der Waals surface area contributed by atoms with Crippen LogP contribution >= 0.6 is 0 Å². The van der Waals surface area contributed by atoms with E-state index in [4.69, 9.17) is 0 Å². The van der Waals surface area contributed by atoms with Crippen LogP contribution in [0.5, 0.6) is 0 Å². The second-order valence-corrected chi connectivity index (χ2v) is 10.7. The van der Waals surface area contributed by atoms with Gasteiger partial charge in [-0.25, -0.2) is 21.6 Å². The Balaban J connectivity index is 1.71. The van der Waals surface area contributed by atoms with Crippen LogP contribution in [-0.4, -0.2) is 29.8 Å². The molecule has 0 saturated carbocycles. The predicted molar refractivity (Wildman–Crippen MR) is 124 cm³/mol. The summed E-state index contributed by atoms with van der Waals surface area (Å²) in [4.78, 5) is 12.8. The highest BCUT2D eigenvalue weighted by Crippen LogP contribution is 2.21. The summed E-state index contributed by atoms with van der Waals surface area (Å²) >= 11 is 0. The van der Waals surface area contributed by atoms with Crippen molar-refractivity contribution in [3.05, 3.63) is 83.4 Å². The minimum atomic E-state index is -3.77. The van der Waals surface area contributed by atoms with Gasteiger partial charge < -0.3 is 5.32 Å². The van der Waals surface area contributed by atoms with Crippen molar-refractivity contribution in [2.75, 3.05) is 17.1 Å². The van der Waals surface area contributed by atoms with Gasteiger partial charge in [-0.3, -0.25) is 9.52 Å². The molecule has 0 saturated heterocycles. The van der Waals surface area contributed by atoms with Gasteiger partial charge in [-0.05, 0) is 86.6 Å². The van der Waals surface area contributed by atoms with E-state index in [0.717, 1.165) is 5.56 Å². The molecule has 3 rings (SSSR count). The molecule has 0 aromatic heterocycles. The number of nitrogens with one attached hydrogen (secondary N) is 3. The van der Waals surface area contributed by atoms with E-state index in [-0.39, 0.29) is 9.79 Å². The van der Waals surface area contributed by atoms with Gasteiger partial charge in [0.2, 0.25) is 10.0 Å². The molecule has 0 spiro atoms. The van der Waals surface area contributed by atoms with Gasteiger partial charge in [0.05, 0.1) is 9.79 Å². The van der Waals surface area contributed by atoms with Crippen molar-refractivity contribution in [2.45, 2.75) is 23.6 Å². The zero-order valence-electron chi connectivity index (χ0n) is 17.7. The van der Waals surface area contributed by atoms with Crippen molar-refractivity contribution >= 4 is 37.3 Å². The Morgan fingerprint density at radius 1 is 0.750 bits per heavy atom. The number of benzene rings is 3. The summed E-state index contributed by atoms with van der Waals surface area (Å²) in [5.41, 5.74) is 2.52. The first-order valence-electron chi connectivity index (χ1n) is 9.57. The van der Waals surface area contributed by atoms with Crippen LogP contribution in [0.3, 0.4) is 0 Å². The average Bonchev–Trinajstić information content (AvgIpc) is 2.76. The molecule has 32 heavy (non-hydrogen) atoms. The Bertz CT molecular complexity index is 1350. The van der Waals surface area contributed by atoms with E-state index in [1.165, 1.54) is 55.6 Å². The summed E-state index contributed by atoms with van der Waals surface area (Å²) < 4.78 is 53.7. The van der Waals surface area contributed by atoms with E-state index in [0.29, 0.717) is 22.5 Å². The summed E-state index contributed by atoms with van der Waals surface area (Å²) in [7, 11) is -6.01. The van der Waals surface area contributed by atoms with Crippen molar-refractivity contribution < 1.29 is 21.6 Å². The molecular weight excluding hydrogens is 450 g/mol. The summed E-state index contributed by atoms with van der Waals surface area (Å²) in [6, 6.07) is 16.9. The Hall–Kier alpha value is -3.21. The molecule has 3 N–H and O–H groups in total. The molecule has 0 heterocycles. The highest BCUT2D eigenvalue weighted by atomic mass is 32.2. The van der Waals surface area contributed by atoms with Crippen molar-refractivity contribution in [2.24, 2.45) is 0 Å². The molecule has 168 valence electrons. The Labute approximate surface area is 187 Å². The molecule has 3 aromatic rings. The molecule has 0 bridgehead atoms. The van der Waals surface area contributed by atoms with Crippen LogP contribution in [0.4, 0.5) is 11.4 Å². The van der Waals surface area contributed by atoms with E-state index in [1.807, 2.05) is 13.0 Å². The monoisotopic (exact) mass is 473 g/mol. The standard InChI is InChI=1S/C22H23N3O5S2/c1-15-4-5-16(2)21(14-15)32(29,30)25-19-8-6-17(7-9-19)22(26)24-18-10-12-20(13-11-18)31(27,28)23-3/h4-14,23,25H,1-3H3,(H,24,26). The summed E-state index contributed by atoms with van der Waals surface area (Å²) in [6.07, 6.45) is 0. The third kappa shape index (κ3) is 5.34. The van der Waals surface area contributed by atoms with E-state index in [1.54, 1.807) is 19.1 Å². The lowest BCUT2D eigenvalue weighted by Crippen LogP contribution is -2.18. The number of anilines is 2. The number of hydrogen-bond acceptors (Lipinski definition) is 5. The van der Waals surface area contributed by atoms with Crippen molar-refractivity contribution in [1.82, 2.24) is 4.72 Å². The van der Waals surface area contributed by atoms with E-state index >= 15 is 0 Å². The Kier molecular flexibility index (Phi) is 6.68. The van der Waals surface area contributed by atoms with Crippen LogP contribution in [0.25, 0.3) is 0 Å². The van der Waals surface area contributed by atoms with Gasteiger partial charge in [-0.2, -0.15) is 0 Å². The quantitative estimate of drug-likeness (QED) is 0.486. The smallest absolute Gasteiger partial charge is 0.262 e. The summed E-state index contributed by atoms with van der Waals surface area (Å²) in [5, 5.41) is 2.67. The fourth-order valence-corrected chi connectivity index (χ4v) is 5.05. The topological polar surface area (TPSA) is 121 Å². The maximum absolute atomic E-state index is 12.7. The largest absolute Gasteiger partial charge is 0.322 e. The molecule has 0 unspecified atom stereocenters. The van der Waals surface area contributed by atoms with Crippen LogP contribution in [0.1, 0.15) is 21.5 Å². The fourth-order valence-electron chi connectivity index (χ4n) is 2.94. The van der Waals surface area contributed by atoms with E-state index < -0.39 is 26.0 Å². The second-order valence-electron chi connectivity index (χ2n) is 7.14. The molecule has 1 amide bonds. The third-order valence-electron chi connectivity index (χ3n) is 4.72. The normalized spacial score (nSPS) is 11.7. The lowest BCUT2D eigenvalue weighted by atomic mass is 10.2. The molecule has 8 nitrogen and oxygen atoms in total. The van der Waals surface area contributed by atoms with Gasteiger partial charge in [-0.15, -0.1) is 0 Å². The van der Waals surface area contributed by atoms with Crippen molar-refractivity contribution in [3.8, 4) is 0 Å². The van der Waals surface area contributed by atoms with Gasteiger partial charge in [0.15, 0.2) is 0 Å². The summed E-state index contributed by atoms with van der Waals surface area (Å²) in [6.45, 7) is 3.54. The van der Waals surface area contributed by atoms with Crippen LogP contribution in [0, 0.1) is 13.8 Å².